The molecule has 0 saturated heterocycles. The second kappa shape index (κ2) is 4.22. The molecule has 0 aromatic carbocycles. The first-order valence-corrected chi connectivity index (χ1v) is 5.22. The average Bonchev–Trinajstić information content (AvgIpc) is 2.85. The Morgan fingerprint density at radius 1 is 1.60 bits per heavy atom. The minimum absolute atomic E-state index is 0.0173. The largest absolute Gasteiger partial charge is 0.481 e. The lowest BCUT2D eigenvalue weighted by molar-refractivity contribution is -0.137. The lowest BCUT2D eigenvalue weighted by atomic mass is 10.3. The fourth-order valence-corrected chi connectivity index (χ4v) is 1.72. The van der Waals surface area contributed by atoms with Gasteiger partial charge in [-0.25, -0.2) is 0 Å². The van der Waals surface area contributed by atoms with Gasteiger partial charge in [-0.15, -0.1) is 11.3 Å². The molecule has 0 aliphatic rings. The highest BCUT2D eigenvalue weighted by Gasteiger charge is 2.10. The second-order valence-corrected chi connectivity index (χ2v) is 3.83. The van der Waals surface area contributed by atoms with Crippen molar-refractivity contribution in [1.82, 2.24) is 10.1 Å². The van der Waals surface area contributed by atoms with Gasteiger partial charge in [0, 0.05) is 6.42 Å². The zero-order valence-corrected chi connectivity index (χ0v) is 8.53. The minimum atomic E-state index is -0.863. The number of aliphatic carboxylic acids is 1. The van der Waals surface area contributed by atoms with Crippen molar-refractivity contribution in [3.05, 3.63) is 23.3 Å². The second-order valence-electron chi connectivity index (χ2n) is 2.89. The van der Waals surface area contributed by atoms with Crippen LogP contribution < -0.4 is 0 Å². The van der Waals surface area contributed by atoms with Gasteiger partial charge in [0.05, 0.1) is 11.3 Å². The Balaban J connectivity index is 2.08. The van der Waals surface area contributed by atoms with Gasteiger partial charge in [-0.05, 0) is 11.4 Å². The predicted octanol–water partition coefficient (Wildman–Crippen LogP) is 1.82. The number of carbonyl (C=O) groups is 1. The van der Waals surface area contributed by atoms with E-state index in [-0.39, 0.29) is 6.42 Å². The van der Waals surface area contributed by atoms with Crippen LogP contribution in [0.5, 0.6) is 0 Å². The lowest BCUT2D eigenvalue weighted by Gasteiger charge is -1.87. The van der Waals surface area contributed by atoms with E-state index in [4.69, 9.17) is 9.63 Å². The first-order valence-electron chi connectivity index (χ1n) is 4.34. The smallest absolute Gasteiger partial charge is 0.303 e. The van der Waals surface area contributed by atoms with E-state index in [0.29, 0.717) is 18.1 Å². The zero-order chi connectivity index (χ0) is 10.7. The summed E-state index contributed by atoms with van der Waals surface area (Å²) in [6.07, 6.45) is 0.313. The number of nitrogens with zero attached hydrogens (tertiary/aromatic N) is 2. The van der Waals surface area contributed by atoms with E-state index in [0.717, 1.165) is 4.88 Å². The van der Waals surface area contributed by atoms with E-state index >= 15 is 0 Å². The van der Waals surface area contributed by atoms with Gasteiger partial charge in [-0.2, -0.15) is 4.98 Å². The van der Waals surface area contributed by atoms with E-state index in [1.165, 1.54) is 11.3 Å². The summed E-state index contributed by atoms with van der Waals surface area (Å²) in [5.74, 6) is 0.0173. The van der Waals surface area contributed by atoms with Gasteiger partial charge in [0.25, 0.3) is 5.89 Å². The number of carboxylic acid groups (broad SMARTS) is 1. The van der Waals surface area contributed by atoms with Gasteiger partial charge in [-0.3, -0.25) is 4.79 Å². The summed E-state index contributed by atoms with van der Waals surface area (Å²) in [4.78, 5) is 15.3. The number of hydrogen-bond donors (Lipinski definition) is 1. The van der Waals surface area contributed by atoms with E-state index in [1.54, 1.807) is 0 Å². The maximum Gasteiger partial charge on any atom is 0.303 e. The van der Waals surface area contributed by atoms with Crippen molar-refractivity contribution in [2.45, 2.75) is 12.8 Å². The summed E-state index contributed by atoms with van der Waals surface area (Å²) in [7, 11) is 0. The number of rotatable bonds is 4. The summed E-state index contributed by atoms with van der Waals surface area (Å²) < 4.78 is 5.00. The van der Waals surface area contributed by atoms with E-state index in [1.807, 2.05) is 17.5 Å². The van der Waals surface area contributed by atoms with Crippen molar-refractivity contribution in [2.24, 2.45) is 0 Å². The lowest BCUT2D eigenvalue weighted by Crippen LogP contribution is -1.98. The molecule has 0 radical (unpaired) electrons. The standard InChI is InChI=1S/C9H8N2O3S/c12-8(13)4-3-7-10-9(14-11-7)6-2-1-5-15-6/h1-2,5H,3-4H2,(H,12,13). The van der Waals surface area contributed by atoms with Crippen LogP contribution in [0.3, 0.4) is 0 Å². The monoisotopic (exact) mass is 224 g/mol. The fourth-order valence-electron chi connectivity index (χ4n) is 1.07. The van der Waals surface area contributed by atoms with E-state index in [9.17, 15) is 4.79 Å². The SMILES string of the molecule is O=C(O)CCc1noc(-c2cccs2)n1. The van der Waals surface area contributed by atoms with Crippen LogP contribution in [0.1, 0.15) is 12.2 Å². The molecule has 0 bridgehead atoms. The summed E-state index contributed by atoms with van der Waals surface area (Å²) in [6.45, 7) is 0. The molecule has 0 aliphatic carbocycles. The quantitative estimate of drug-likeness (QED) is 0.857. The van der Waals surface area contributed by atoms with Crippen LogP contribution in [0.15, 0.2) is 22.0 Å². The average molecular weight is 224 g/mol. The van der Waals surface area contributed by atoms with Crippen molar-refractivity contribution in [1.29, 1.82) is 0 Å². The van der Waals surface area contributed by atoms with Gasteiger partial charge in [0.2, 0.25) is 0 Å². The molecule has 2 heterocycles. The van der Waals surface area contributed by atoms with Gasteiger partial charge >= 0.3 is 5.97 Å². The maximum absolute atomic E-state index is 10.3. The number of aromatic nitrogens is 2. The Hall–Kier alpha value is -1.69. The first-order chi connectivity index (χ1) is 7.25. The molecule has 0 unspecified atom stereocenters. The van der Waals surface area contributed by atoms with Crippen LogP contribution in [0.25, 0.3) is 10.8 Å². The third-order valence-corrected chi connectivity index (χ3v) is 2.62. The maximum atomic E-state index is 10.3. The Bertz CT molecular complexity index is 450. The first kappa shape index (κ1) is 9.85. The van der Waals surface area contributed by atoms with Crippen molar-refractivity contribution in [2.75, 3.05) is 0 Å². The van der Waals surface area contributed by atoms with E-state index < -0.39 is 5.97 Å². The van der Waals surface area contributed by atoms with Crippen LogP contribution in [-0.2, 0) is 11.2 Å². The van der Waals surface area contributed by atoms with Crippen molar-refractivity contribution >= 4 is 17.3 Å². The van der Waals surface area contributed by atoms with Crippen LogP contribution in [-0.4, -0.2) is 21.2 Å². The van der Waals surface area contributed by atoms with Crippen LogP contribution >= 0.6 is 11.3 Å². The summed E-state index contributed by atoms with van der Waals surface area (Å²) in [6, 6.07) is 3.76. The molecule has 5 nitrogen and oxygen atoms in total. The number of thiophene rings is 1. The number of carboxylic acids is 1. The highest BCUT2D eigenvalue weighted by atomic mass is 32.1. The number of hydrogen-bond acceptors (Lipinski definition) is 5. The molecule has 0 aliphatic heterocycles. The minimum Gasteiger partial charge on any atom is -0.481 e. The molecular formula is C9H8N2O3S. The van der Waals surface area contributed by atoms with Crippen molar-refractivity contribution < 1.29 is 14.4 Å². The highest BCUT2D eigenvalue weighted by Crippen LogP contribution is 2.22. The zero-order valence-electron chi connectivity index (χ0n) is 7.71. The van der Waals surface area contributed by atoms with Crippen LogP contribution in [0.2, 0.25) is 0 Å². The molecule has 15 heavy (non-hydrogen) atoms. The summed E-state index contributed by atoms with van der Waals surface area (Å²) >= 11 is 1.50. The topological polar surface area (TPSA) is 76.2 Å². The molecule has 0 spiro atoms. The molecule has 2 aromatic rings. The van der Waals surface area contributed by atoms with Gasteiger partial charge in [0.1, 0.15) is 0 Å². The molecule has 0 fully saturated rings. The molecular weight excluding hydrogens is 216 g/mol. The Labute approximate surface area is 89.4 Å². The normalized spacial score (nSPS) is 10.4. The molecule has 6 heteroatoms. The summed E-state index contributed by atoms with van der Waals surface area (Å²) in [5.41, 5.74) is 0. The molecule has 2 rings (SSSR count). The van der Waals surface area contributed by atoms with E-state index in [2.05, 4.69) is 10.1 Å². The van der Waals surface area contributed by atoms with Crippen LogP contribution in [0.4, 0.5) is 0 Å². The molecule has 1 N–H and O–H groups in total. The van der Waals surface area contributed by atoms with Gasteiger partial charge in [0.15, 0.2) is 5.82 Å². The van der Waals surface area contributed by atoms with Gasteiger partial charge in [-0.1, -0.05) is 11.2 Å². The number of aryl methyl sites for hydroxylation is 1. The Morgan fingerprint density at radius 3 is 3.13 bits per heavy atom. The van der Waals surface area contributed by atoms with Gasteiger partial charge < -0.3 is 9.63 Å². The molecule has 0 saturated carbocycles. The van der Waals surface area contributed by atoms with Crippen molar-refractivity contribution in [3.8, 4) is 10.8 Å². The molecule has 0 atom stereocenters. The fraction of sp³-hybridized carbons (Fsp3) is 0.222. The molecule has 2 aromatic heterocycles. The summed E-state index contributed by atoms with van der Waals surface area (Å²) in [5, 5.41) is 14.1. The molecule has 78 valence electrons. The third kappa shape index (κ3) is 2.41. The molecule has 0 amide bonds. The predicted molar refractivity (Wildman–Crippen MR) is 53.6 cm³/mol. The Kier molecular flexibility index (Phi) is 2.77. The Morgan fingerprint density at radius 2 is 2.47 bits per heavy atom. The third-order valence-electron chi connectivity index (χ3n) is 1.76. The van der Waals surface area contributed by atoms with Crippen LogP contribution in [0, 0.1) is 0 Å². The highest BCUT2D eigenvalue weighted by molar-refractivity contribution is 7.13. The van der Waals surface area contributed by atoms with Crippen molar-refractivity contribution in [3.63, 3.8) is 0 Å².